The maximum absolute atomic E-state index is 14.1. The molecular formula is C15H15F8N5O. The van der Waals surface area contributed by atoms with Crippen molar-refractivity contribution in [1.29, 1.82) is 0 Å². The molecule has 1 aliphatic rings. The number of nitrogens with zero attached hydrogens (tertiary/aromatic N) is 3. The molecular weight excluding hydrogens is 418 g/mol. The predicted molar refractivity (Wildman–Crippen MR) is 85.8 cm³/mol. The summed E-state index contributed by atoms with van der Waals surface area (Å²) in [5.41, 5.74) is -0.514. The fourth-order valence-corrected chi connectivity index (χ4v) is 2.32. The van der Waals surface area contributed by atoms with E-state index in [4.69, 9.17) is 0 Å². The largest absolute Gasteiger partial charge is 0.343 e. The van der Waals surface area contributed by atoms with Crippen LogP contribution in [0.2, 0.25) is 0 Å². The fourth-order valence-electron chi connectivity index (χ4n) is 2.32. The van der Waals surface area contributed by atoms with Crippen molar-refractivity contribution in [3.05, 3.63) is 11.7 Å². The molecule has 0 saturated heterocycles. The highest BCUT2D eigenvalue weighted by Crippen LogP contribution is 2.31. The number of hydrogen-bond donors (Lipinski definition) is 2. The number of rotatable bonds is 9. The van der Waals surface area contributed by atoms with Crippen LogP contribution in [0.15, 0.2) is 5.83 Å². The Morgan fingerprint density at radius 2 is 1.41 bits per heavy atom. The Morgan fingerprint density at radius 1 is 0.931 bits per heavy atom. The minimum Gasteiger partial charge on any atom is -0.343 e. The lowest BCUT2D eigenvalue weighted by Gasteiger charge is -2.20. The number of Topliss-reactive ketones (excluding diaryl/α,β-unsaturated/α-hetero) is 1. The summed E-state index contributed by atoms with van der Waals surface area (Å²) in [6.45, 7) is -3.13. The van der Waals surface area contributed by atoms with E-state index in [1.165, 1.54) is 0 Å². The Morgan fingerprint density at radius 3 is 1.83 bits per heavy atom. The van der Waals surface area contributed by atoms with Crippen molar-refractivity contribution in [3.8, 4) is 0 Å². The van der Waals surface area contributed by atoms with Gasteiger partial charge in [-0.15, -0.1) is 0 Å². The van der Waals surface area contributed by atoms with E-state index in [1.807, 2.05) is 10.6 Å². The molecule has 6 nitrogen and oxygen atoms in total. The highest BCUT2D eigenvalue weighted by Gasteiger charge is 2.33. The Kier molecular flexibility index (Phi) is 7.67. The van der Waals surface area contributed by atoms with Crippen molar-refractivity contribution in [2.24, 2.45) is 0 Å². The number of anilines is 2. The van der Waals surface area contributed by atoms with E-state index >= 15 is 0 Å². The molecule has 1 heterocycles. The second-order valence-corrected chi connectivity index (χ2v) is 5.95. The van der Waals surface area contributed by atoms with E-state index in [2.05, 4.69) is 15.0 Å². The average Bonchev–Trinajstić information content (AvgIpc) is 2.67. The van der Waals surface area contributed by atoms with Crippen LogP contribution in [0.5, 0.6) is 0 Å². The Hall–Kier alpha value is -2.54. The Labute approximate surface area is 158 Å². The van der Waals surface area contributed by atoms with Crippen LogP contribution in [0.1, 0.15) is 18.7 Å². The van der Waals surface area contributed by atoms with Crippen LogP contribution in [0.25, 0.3) is 5.57 Å². The van der Waals surface area contributed by atoms with Gasteiger partial charge in [0, 0.05) is 5.57 Å². The highest BCUT2D eigenvalue weighted by atomic mass is 19.3. The molecule has 1 aromatic rings. The minimum atomic E-state index is -3.21. The van der Waals surface area contributed by atoms with Gasteiger partial charge in [0.15, 0.2) is 17.8 Å². The molecule has 2 rings (SSSR count). The molecule has 3 unspecified atom stereocenters. The van der Waals surface area contributed by atoms with Crippen LogP contribution in [0.3, 0.4) is 0 Å². The van der Waals surface area contributed by atoms with Gasteiger partial charge < -0.3 is 10.6 Å². The number of nitrogens with one attached hydrogen (secondary N) is 2. The SMILES string of the molecule is O=C1C(F)=C(c2nc(NC(CF)C(F)F)nc(NC(CF)C(F)F)n2)CCC1F. The van der Waals surface area contributed by atoms with Gasteiger partial charge in [0.1, 0.15) is 25.4 Å². The Bertz CT molecular complexity index is 726. The first-order chi connectivity index (χ1) is 13.7. The molecule has 2 N–H and O–H groups in total. The maximum Gasteiger partial charge on any atom is 0.261 e. The van der Waals surface area contributed by atoms with Crippen LogP contribution in [0, 0.1) is 0 Å². The maximum atomic E-state index is 14.1. The predicted octanol–water partition coefficient (Wildman–Crippen LogP) is 3.28. The second-order valence-electron chi connectivity index (χ2n) is 5.95. The normalized spacial score (nSPS) is 19.7. The lowest BCUT2D eigenvalue weighted by molar-refractivity contribution is -0.122. The van der Waals surface area contributed by atoms with Gasteiger partial charge in [0.25, 0.3) is 12.9 Å². The molecule has 14 heteroatoms. The van der Waals surface area contributed by atoms with E-state index in [0.29, 0.717) is 0 Å². The fraction of sp³-hybridized carbons (Fsp3) is 0.600. The quantitative estimate of drug-likeness (QED) is 0.582. The van der Waals surface area contributed by atoms with E-state index in [-0.39, 0.29) is 6.42 Å². The van der Waals surface area contributed by atoms with Crippen LogP contribution in [-0.4, -0.2) is 65.2 Å². The summed E-state index contributed by atoms with van der Waals surface area (Å²) >= 11 is 0. The molecule has 0 aromatic carbocycles. The van der Waals surface area contributed by atoms with Crippen molar-refractivity contribution in [2.45, 2.75) is 43.9 Å². The van der Waals surface area contributed by atoms with Crippen LogP contribution in [-0.2, 0) is 4.79 Å². The Balaban J connectivity index is 2.48. The number of allylic oxidation sites excluding steroid dienone is 2. The van der Waals surface area contributed by atoms with Crippen molar-refractivity contribution < 1.29 is 39.9 Å². The third kappa shape index (κ3) is 5.50. The van der Waals surface area contributed by atoms with Gasteiger partial charge in [-0.1, -0.05) is 0 Å². The van der Waals surface area contributed by atoms with Gasteiger partial charge in [-0.25, -0.2) is 35.1 Å². The smallest absolute Gasteiger partial charge is 0.261 e. The molecule has 0 aliphatic heterocycles. The molecule has 0 bridgehead atoms. The summed E-state index contributed by atoms with van der Waals surface area (Å²) in [6, 6.07) is -4.18. The van der Waals surface area contributed by atoms with Gasteiger partial charge in [-0.3, -0.25) is 4.79 Å². The van der Waals surface area contributed by atoms with Gasteiger partial charge >= 0.3 is 0 Å². The number of carbonyl (C=O) groups is 1. The summed E-state index contributed by atoms with van der Waals surface area (Å²) < 4.78 is 104. The zero-order valence-corrected chi connectivity index (χ0v) is 14.5. The monoisotopic (exact) mass is 433 g/mol. The molecule has 0 fully saturated rings. The number of ketones is 1. The summed E-state index contributed by atoms with van der Waals surface area (Å²) in [7, 11) is 0. The van der Waals surface area contributed by atoms with Crippen LogP contribution in [0.4, 0.5) is 47.0 Å². The zero-order chi connectivity index (χ0) is 21.7. The average molecular weight is 433 g/mol. The summed E-state index contributed by atoms with van der Waals surface area (Å²) in [5, 5.41) is 3.78. The van der Waals surface area contributed by atoms with Crippen molar-refractivity contribution in [3.63, 3.8) is 0 Å². The summed E-state index contributed by atoms with van der Waals surface area (Å²) in [6.07, 6.45) is -9.32. The topological polar surface area (TPSA) is 79.8 Å². The third-order valence-corrected chi connectivity index (χ3v) is 3.89. The van der Waals surface area contributed by atoms with Crippen molar-refractivity contribution in [2.75, 3.05) is 24.0 Å². The first kappa shape index (κ1) is 22.7. The van der Waals surface area contributed by atoms with E-state index in [9.17, 15) is 39.9 Å². The standard InChI is InChI=1S/C15H15F8N5O/c16-3-7(11(20)21)24-14-26-13(5-1-2-6(18)10(29)9(5)19)27-15(28-14)25-8(4-17)12(22)23/h6-8,11-12H,1-4H2,(H2,24,25,26,27,28). The highest BCUT2D eigenvalue weighted by molar-refractivity contribution is 6.04. The minimum absolute atomic E-state index is 0.371. The summed E-state index contributed by atoms with van der Waals surface area (Å²) in [5.74, 6) is -5.19. The molecule has 29 heavy (non-hydrogen) atoms. The number of halogens is 8. The van der Waals surface area contributed by atoms with E-state index < -0.39 is 85.8 Å². The first-order valence-corrected chi connectivity index (χ1v) is 8.22. The van der Waals surface area contributed by atoms with E-state index in [1.54, 1.807) is 0 Å². The molecule has 162 valence electrons. The molecule has 3 atom stereocenters. The number of hydrogen-bond acceptors (Lipinski definition) is 6. The molecule has 0 saturated carbocycles. The number of carbonyl (C=O) groups excluding carboxylic acids is 1. The molecule has 0 amide bonds. The lowest BCUT2D eigenvalue weighted by atomic mass is 9.95. The molecule has 1 aliphatic carbocycles. The number of alkyl halides is 7. The molecule has 0 spiro atoms. The molecule has 0 radical (unpaired) electrons. The van der Waals surface area contributed by atoms with Gasteiger partial charge in [0.05, 0.1) is 0 Å². The first-order valence-electron chi connectivity index (χ1n) is 8.22. The second kappa shape index (κ2) is 9.78. The zero-order valence-electron chi connectivity index (χ0n) is 14.5. The van der Waals surface area contributed by atoms with Crippen LogP contribution < -0.4 is 10.6 Å². The van der Waals surface area contributed by atoms with E-state index in [0.717, 1.165) is 0 Å². The van der Waals surface area contributed by atoms with Crippen LogP contribution >= 0.6 is 0 Å². The van der Waals surface area contributed by atoms with Crippen molar-refractivity contribution in [1.82, 2.24) is 15.0 Å². The third-order valence-electron chi connectivity index (χ3n) is 3.89. The lowest BCUT2D eigenvalue weighted by Crippen LogP contribution is -2.33. The number of aromatic nitrogens is 3. The van der Waals surface area contributed by atoms with Gasteiger partial charge in [0.2, 0.25) is 17.7 Å². The van der Waals surface area contributed by atoms with Gasteiger partial charge in [-0.05, 0) is 12.8 Å². The van der Waals surface area contributed by atoms with Crippen molar-refractivity contribution >= 4 is 23.3 Å². The molecule has 1 aromatic heterocycles. The van der Waals surface area contributed by atoms with Gasteiger partial charge in [-0.2, -0.15) is 15.0 Å². The summed E-state index contributed by atoms with van der Waals surface area (Å²) in [4.78, 5) is 22.2.